The molecule has 4 nitrogen and oxygen atoms in total. The van der Waals surface area contributed by atoms with Crippen molar-refractivity contribution in [1.82, 2.24) is 5.32 Å². The van der Waals surface area contributed by atoms with Crippen molar-refractivity contribution in [3.8, 4) is 0 Å². The number of carbonyl (C=O) groups is 1. The summed E-state index contributed by atoms with van der Waals surface area (Å²) in [5.41, 5.74) is 0.540. The van der Waals surface area contributed by atoms with Gasteiger partial charge in [-0.25, -0.2) is 4.79 Å². The molecule has 0 radical (unpaired) electrons. The lowest BCUT2D eigenvalue weighted by Gasteiger charge is -2.33. The predicted molar refractivity (Wildman–Crippen MR) is 66.3 cm³/mol. The summed E-state index contributed by atoms with van der Waals surface area (Å²) in [6.07, 6.45) is 0. The van der Waals surface area contributed by atoms with E-state index in [4.69, 9.17) is 9.47 Å². The molecule has 17 heavy (non-hydrogen) atoms. The van der Waals surface area contributed by atoms with Crippen LogP contribution in [0, 0.1) is 0 Å². The molecule has 1 aliphatic rings. The molecule has 1 atom stereocenters. The van der Waals surface area contributed by atoms with Crippen LogP contribution in [0.2, 0.25) is 0 Å². The fraction of sp³-hybridized carbons (Fsp3) is 0.417. The number of esters is 1. The number of nitrogens with one attached hydrogen (secondary N) is 1. The Hall–Kier alpha value is -1.10. The summed E-state index contributed by atoms with van der Waals surface area (Å²) >= 11 is 0. The largest absolute Gasteiger partial charge is 0.428 e. The van der Waals surface area contributed by atoms with E-state index in [9.17, 15) is 4.79 Å². The maximum Gasteiger partial charge on any atom is 0.340 e. The van der Waals surface area contributed by atoms with Crippen LogP contribution in [-0.4, -0.2) is 31.5 Å². The van der Waals surface area contributed by atoms with Crippen LogP contribution in [0.1, 0.15) is 17.3 Å². The summed E-state index contributed by atoms with van der Waals surface area (Å²) in [6, 6.07) is 8.92. The van der Waals surface area contributed by atoms with Gasteiger partial charge >= 0.3 is 5.97 Å². The molecule has 5 heteroatoms. The van der Waals surface area contributed by atoms with Gasteiger partial charge in [-0.15, -0.1) is 12.4 Å². The highest BCUT2D eigenvalue weighted by Crippen LogP contribution is 2.16. The van der Waals surface area contributed by atoms with E-state index in [-0.39, 0.29) is 18.4 Å². The lowest BCUT2D eigenvalue weighted by atomic mass is 10.2. The summed E-state index contributed by atoms with van der Waals surface area (Å²) in [6.45, 7) is 3.63. The minimum atomic E-state index is -0.856. The van der Waals surface area contributed by atoms with Gasteiger partial charge in [0.2, 0.25) is 5.79 Å². The van der Waals surface area contributed by atoms with Gasteiger partial charge in [-0.2, -0.15) is 0 Å². The topological polar surface area (TPSA) is 47.6 Å². The molecule has 0 bridgehead atoms. The first-order valence-corrected chi connectivity index (χ1v) is 5.33. The third-order valence-corrected chi connectivity index (χ3v) is 2.45. The molecular formula is C12H16ClNO3. The van der Waals surface area contributed by atoms with Crippen molar-refractivity contribution in [3.05, 3.63) is 35.9 Å². The maximum absolute atomic E-state index is 11.8. The highest BCUT2D eigenvalue weighted by molar-refractivity contribution is 5.89. The number of halogens is 1. The fourth-order valence-electron chi connectivity index (χ4n) is 1.60. The van der Waals surface area contributed by atoms with Gasteiger partial charge in [0, 0.05) is 13.5 Å². The molecule has 1 fully saturated rings. The molecule has 0 saturated carbocycles. The van der Waals surface area contributed by atoms with Gasteiger partial charge in [0.15, 0.2) is 0 Å². The van der Waals surface area contributed by atoms with E-state index in [0.29, 0.717) is 18.7 Å². The van der Waals surface area contributed by atoms with Gasteiger partial charge in [0.25, 0.3) is 0 Å². The number of ether oxygens (including phenoxy) is 2. The van der Waals surface area contributed by atoms with Gasteiger partial charge in [0.1, 0.15) is 0 Å². The van der Waals surface area contributed by atoms with Crippen molar-refractivity contribution in [2.24, 2.45) is 0 Å². The van der Waals surface area contributed by atoms with Crippen molar-refractivity contribution < 1.29 is 14.3 Å². The van der Waals surface area contributed by atoms with Gasteiger partial charge in [-0.05, 0) is 12.1 Å². The Kier molecular flexibility index (Phi) is 4.93. The van der Waals surface area contributed by atoms with Crippen molar-refractivity contribution >= 4 is 18.4 Å². The molecule has 1 aromatic carbocycles. The Balaban J connectivity index is 0.00000144. The van der Waals surface area contributed by atoms with Gasteiger partial charge in [-0.3, -0.25) is 0 Å². The van der Waals surface area contributed by atoms with Crippen LogP contribution in [0.15, 0.2) is 30.3 Å². The average Bonchev–Trinajstić information content (AvgIpc) is 2.30. The number of rotatable bonds is 2. The van der Waals surface area contributed by atoms with Crippen molar-refractivity contribution in [2.75, 3.05) is 19.7 Å². The number of benzene rings is 1. The van der Waals surface area contributed by atoms with Crippen molar-refractivity contribution in [1.29, 1.82) is 0 Å². The monoisotopic (exact) mass is 257 g/mol. The van der Waals surface area contributed by atoms with Crippen LogP contribution in [-0.2, 0) is 9.47 Å². The summed E-state index contributed by atoms with van der Waals surface area (Å²) in [5.74, 6) is -1.21. The highest BCUT2D eigenvalue weighted by Gasteiger charge is 2.32. The lowest BCUT2D eigenvalue weighted by molar-refractivity contribution is -0.201. The molecule has 1 aromatic rings. The SMILES string of the molecule is C[C@]1(OC(=O)c2ccccc2)CNCCO1.Cl. The minimum absolute atomic E-state index is 0. The minimum Gasteiger partial charge on any atom is -0.428 e. The second-order valence-electron chi connectivity index (χ2n) is 3.91. The van der Waals surface area contributed by atoms with Gasteiger partial charge < -0.3 is 14.8 Å². The van der Waals surface area contributed by atoms with Crippen molar-refractivity contribution in [3.63, 3.8) is 0 Å². The van der Waals surface area contributed by atoms with Gasteiger partial charge in [0.05, 0.1) is 18.7 Å². The highest BCUT2D eigenvalue weighted by atomic mass is 35.5. The normalized spacial score (nSPS) is 23.6. The van der Waals surface area contributed by atoms with Crippen LogP contribution in [0.3, 0.4) is 0 Å². The molecule has 0 unspecified atom stereocenters. The predicted octanol–water partition coefficient (Wildman–Crippen LogP) is 1.60. The third-order valence-electron chi connectivity index (χ3n) is 2.45. The van der Waals surface area contributed by atoms with E-state index < -0.39 is 5.79 Å². The van der Waals surface area contributed by atoms with Crippen molar-refractivity contribution in [2.45, 2.75) is 12.7 Å². The number of hydrogen-bond acceptors (Lipinski definition) is 4. The summed E-state index contributed by atoms with van der Waals surface area (Å²) in [4.78, 5) is 11.8. The first-order valence-electron chi connectivity index (χ1n) is 5.33. The first-order chi connectivity index (χ1) is 7.70. The maximum atomic E-state index is 11.8. The molecule has 0 aliphatic carbocycles. The molecule has 0 spiro atoms. The van der Waals surface area contributed by atoms with Crippen LogP contribution >= 0.6 is 12.4 Å². The zero-order valence-corrected chi connectivity index (χ0v) is 10.5. The Morgan fingerprint density at radius 3 is 2.71 bits per heavy atom. The van der Waals surface area contributed by atoms with Crippen LogP contribution in [0.4, 0.5) is 0 Å². The number of hydrogen-bond donors (Lipinski definition) is 1. The number of carbonyl (C=O) groups excluding carboxylic acids is 1. The van der Waals surface area contributed by atoms with Crippen LogP contribution in [0.25, 0.3) is 0 Å². The average molecular weight is 258 g/mol. The van der Waals surface area contributed by atoms with E-state index in [1.165, 1.54) is 0 Å². The van der Waals surface area contributed by atoms with Gasteiger partial charge in [-0.1, -0.05) is 18.2 Å². The lowest BCUT2D eigenvalue weighted by Crippen LogP contribution is -2.50. The standard InChI is InChI=1S/C12H15NO3.ClH/c1-12(9-13-7-8-15-12)16-11(14)10-5-3-2-4-6-10;/h2-6,13H,7-9H2,1H3;1H/t12-;/m0./s1. The zero-order valence-electron chi connectivity index (χ0n) is 9.64. The molecule has 1 saturated heterocycles. The summed E-state index contributed by atoms with van der Waals surface area (Å²) in [5, 5.41) is 3.13. The second-order valence-corrected chi connectivity index (χ2v) is 3.91. The molecule has 1 heterocycles. The van der Waals surface area contributed by atoms with E-state index in [1.54, 1.807) is 31.2 Å². The molecule has 94 valence electrons. The van der Waals surface area contributed by atoms with E-state index in [1.807, 2.05) is 6.07 Å². The molecule has 1 aliphatic heterocycles. The molecule has 0 aromatic heterocycles. The Morgan fingerprint density at radius 1 is 1.41 bits per heavy atom. The van der Waals surface area contributed by atoms with E-state index in [0.717, 1.165) is 6.54 Å². The smallest absolute Gasteiger partial charge is 0.340 e. The first kappa shape index (κ1) is 14.0. The Bertz CT molecular complexity index is 363. The zero-order chi connectivity index (χ0) is 11.4. The van der Waals surface area contributed by atoms with Crippen LogP contribution < -0.4 is 5.32 Å². The summed E-state index contributed by atoms with van der Waals surface area (Å²) < 4.78 is 10.8. The summed E-state index contributed by atoms with van der Waals surface area (Å²) in [7, 11) is 0. The molecule has 2 rings (SSSR count). The number of morpholine rings is 1. The Labute approximate surface area is 107 Å². The van der Waals surface area contributed by atoms with Crippen LogP contribution in [0.5, 0.6) is 0 Å². The molecule has 1 N–H and O–H groups in total. The Morgan fingerprint density at radius 2 is 2.12 bits per heavy atom. The third kappa shape index (κ3) is 3.70. The molecule has 0 amide bonds. The van der Waals surface area contributed by atoms with E-state index >= 15 is 0 Å². The van der Waals surface area contributed by atoms with E-state index in [2.05, 4.69) is 5.32 Å². The quantitative estimate of drug-likeness (QED) is 0.818. The molecular weight excluding hydrogens is 242 g/mol. The second kappa shape index (κ2) is 6.00. The fourth-order valence-corrected chi connectivity index (χ4v) is 1.60.